The van der Waals surface area contributed by atoms with Crippen molar-refractivity contribution in [1.82, 2.24) is 0 Å². The summed E-state index contributed by atoms with van der Waals surface area (Å²) < 4.78 is 21.4. The van der Waals surface area contributed by atoms with Crippen LogP contribution in [0.25, 0.3) is 0 Å². The molecule has 1 aliphatic rings. The molecular weight excluding hydrogens is 592 g/mol. The van der Waals surface area contributed by atoms with Gasteiger partial charge < -0.3 is 39.4 Å². The van der Waals surface area contributed by atoms with Crippen molar-refractivity contribution in [3.63, 3.8) is 0 Å². The van der Waals surface area contributed by atoms with Gasteiger partial charge in [-0.15, -0.1) is 0 Å². The molecule has 6 unspecified atom stereocenters. The van der Waals surface area contributed by atoms with Crippen molar-refractivity contribution in [3.8, 4) is 0 Å². The predicted molar refractivity (Wildman–Crippen MR) is 178 cm³/mol. The average molecular weight is 661 g/mol. The van der Waals surface area contributed by atoms with Crippen LogP contribution < -0.4 is 0 Å². The van der Waals surface area contributed by atoms with Crippen LogP contribution in [0, 0.1) is 0 Å². The van der Waals surface area contributed by atoms with Gasteiger partial charge in [0, 0.05) is 12.8 Å². The van der Waals surface area contributed by atoms with E-state index in [4.69, 9.17) is 18.9 Å². The fraction of sp³-hybridized carbons (Fsp3) is 0.944. The second-order valence-corrected chi connectivity index (χ2v) is 13.0. The molecule has 0 amide bonds. The van der Waals surface area contributed by atoms with Crippen LogP contribution in [0.3, 0.4) is 0 Å². The monoisotopic (exact) mass is 660 g/mol. The van der Waals surface area contributed by atoms with Crippen LogP contribution in [0.4, 0.5) is 0 Å². The summed E-state index contributed by atoms with van der Waals surface area (Å²) in [5.74, 6) is -0.897. The molecule has 0 bridgehead atoms. The highest BCUT2D eigenvalue weighted by Gasteiger charge is 2.44. The summed E-state index contributed by atoms with van der Waals surface area (Å²) in [6.45, 7) is 2.83. The Morgan fingerprint density at radius 2 is 1.07 bits per heavy atom. The fourth-order valence-corrected chi connectivity index (χ4v) is 5.76. The zero-order valence-electron chi connectivity index (χ0n) is 29.1. The minimum Gasteiger partial charge on any atom is -0.462 e. The Hall–Kier alpha value is -1.30. The van der Waals surface area contributed by atoms with E-state index in [1.165, 1.54) is 109 Å². The summed E-state index contributed by atoms with van der Waals surface area (Å²) in [6, 6.07) is 0. The molecule has 0 saturated carbocycles. The number of esters is 2. The highest BCUT2D eigenvalue weighted by molar-refractivity contribution is 5.70. The van der Waals surface area contributed by atoms with Gasteiger partial charge in [0.15, 0.2) is 12.4 Å². The SMILES string of the molecule is CCCCCCCCCCCCCCCCCCCCCCCC(=O)OC(COC(=O)CC)COC1OC(CO)C(O)C(O)C1O. The van der Waals surface area contributed by atoms with Crippen molar-refractivity contribution in [2.45, 2.75) is 198 Å². The lowest BCUT2D eigenvalue weighted by atomic mass is 9.99. The van der Waals surface area contributed by atoms with Crippen molar-refractivity contribution >= 4 is 11.9 Å². The van der Waals surface area contributed by atoms with Gasteiger partial charge in [-0.25, -0.2) is 0 Å². The molecule has 1 fully saturated rings. The molecule has 10 heteroatoms. The van der Waals surface area contributed by atoms with Gasteiger partial charge in [-0.2, -0.15) is 0 Å². The zero-order chi connectivity index (χ0) is 33.8. The number of rotatable bonds is 30. The number of hydrogen-bond donors (Lipinski definition) is 4. The Morgan fingerprint density at radius 1 is 0.609 bits per heavy atom. The van der Waals surface area contributed by atoms with Crippen LogP contribution in [0.15, 0.2) is 0 Å². The molecule has 0 aromatic heterocycles. The first-order chi connectivity index (χ1) is 22.3. The first kappa shape index (κ1) is 42.7. The third-order valence-corrected chi connectivity index (χ3v) is 8.80. The molecule has 1 aliphatic heterocycles. The maximum Gasteiger partial charge on any atom is 0.306 e. The molecule has 46 heavy (non-hydrogen) atoms. The van der Waals surface area contributed by atoms with Gasteiger partial charge in [0.2, 0.25) is 0 Å². The second kappa shape index (κ2) is 28.7. The van der Waals surface area contributed by atoms with E-state index in [1.807, 2.05) is 0 Å². The molecule has 4 N–H and O–H groups in total. The molecule has 272 valence electrons. The van der Waals surface area contributed by atoms with Crippen molar-refractivity contribution < 1.29 is 49.0 Å². The molecule has 0 aromatic rings. The van der Waals surface area contributed by atoms with Gasteiger partial charge in [0.05, 0.1) is 13.2 Å². The number of ether oxygens (including phenoxy) is 4. The highest BCUT2D eigenvalue weighted by atomic mass is 16.7. The predicted octanol–water partition coefficient (Wildman–Crippen LogP) is 6.27. The summed E-state index contributed by atoms with van der Waals surface area (Å²) in [6.07, 6.45) is 19.4. The Labute approximate surface area is 278 Å². The van der Waals surface area contributed by atoms with Crippen LogP contribution in [-0.2, 0) is 28.5 Å². The van der Waals surface area contributed by atoms with Crippen LogP contribution in [0.5, 0.6) is 0 Å². The van der Waals surface area contributed by atoms with Crippen LogP contribution in [0.2, 0.25) is 0 Å². The molecule has 0 spiro atoms. The van der Waals surface area contributed by atoms with Gasteiger partial charge in [-0.05, 0) is 6.42 Å². The van der Waals surface area contributed by atoms with E-state index in [2.05, 4.69) is 6.92 Å². The summed E-state index contributed by atoms with van der Waals surface area (Å²) in [5.41, 5.74) is 0. The molecule has 0 radical (unpaired) electrons. The normalized spacial score (nSPS) is 22.1. The molecule has 1 heterocycles. The van der Waals surface area contributed by atoms with E-state index in [0.717, 1.165) is 19.3 Å². The smallest absolute Gasteiger partial charge is 0.306 e. The van der Waals surface area contributed by atoms with E-state index in [1.54, 1.807) is 6.92 Å². The second-order valence-electron chi connectivity index (χ2n) is 13.0. The van der Waals surface area contributed by atoms with Crippen molar-refractivity contribution in [2.75, 3.05) is 19.8 Å². The number of aliphatic hydroxyl groups excluding tert-OH is 4. The van der Waals surface area contributed by atoms with Crippen LogP contribution in [-0.4, -0.2) is 89.0 Å². The number of carbonyl (C=O) groups is 2. The minimum atomic E-state index is -1.58. The molecule has 0 aromatic carbocycles. The number of unbranched alkanes of at least 4 members (excludes halogenated alkanes) is 20. The quantitative estimate of drug-likeness (QED) is 0.0512. The molecule has 10 nitrogen and oxygen atoms in total. The fourth-order valence-electron chi connectivity index (χ4n) is 5.76. The summed E-state index contributed by atoms with van der Waals surface area (Å²) in [4.78, 5) is 24.1. The molecule has 0 aliphatic carbocycles. The third kappa shape index (κ3) is 20.8. The number of carbonyl (C=O) groups excluding carboxylic acids is 2. The standard InChI is InChI=1S/C36H68O10/c1-3-5-6-7-8-9-10-11-12-13-14-15-16-17-18-19-20-21-22-23-24-25-32(39)45-29(27-43-31(38)4-2)28-44-36-35(42)34(41)33(40)30(26-37)46-36/h29-30,33-37,40-42H,3-28H2,1-2H3. The van der Waals surface area contributed by atoms with E-state index in [-0.39, 0.29) is 26.1 Å². The van der Waals surface area contributed by atoms with Crippen LogP contribution in [0.1, 0.15) is 162 Å². The minimum absolute atomic E-state index is 0.160. The lowest BCUT2D eigenvalue weighted by Gasteiger charge is -2.39. The third-order valence-electron chi connectivity index (χ3n) is 8.80. The van der Waals surface area contributed by atoms with E-state index >= 15 is 0 Å². The molecule has 1 saturated heterocycles. The average Bonchev–Trinajstić information content (AvgIpc) is 3.06. The lowest BCUT2D eigenvalue weighted by Crippen LogP contribution is -2.59. The van der Waals surface area contributed by atoms with Crippen molar-refractivity contribution in [3.05, 3.63) is 0 Å². The Kier molecular flexibility index (Phi) is 26.6. The maximum atomic E-state index is 12.5. The van der Waals surface area contributed by atoms with Gasteiger partial charge >= 0.3 is 11.9 Å². The topological polar surface area (TPSA) is 152 Å². The first-order valence-corrected chi connectivity index (χ1v) is 18.6. The van der Waals surface area contributed by atoms with Gasteiger partial charge in [-0.3, -0.25) is 9.59 Å². The van der Waals surface area contributed by atoms with Crippen LogP contribution >= 0.6 is 0 Å². The number of aliphatic hydroxyl groups is 4. The maximum absolute atomic E-state index is 12.5. The number of hydrogen-bond acceptors (Lipinski definition) is 10. The summed E-state index contributed by atoms with van der Waals surface area (Å²) in [5, 5.41) is 39.4. The largest absolute Gasteiger partial charge is 0.462 e. The van der Waals surface area contributed by atoms with Crippen molar-refractivity contribution in [2.24, 2.45) is 0 Å². The zero-order valence-corrected chi connectivity index (χ0v) is 29.1. The Morgan fingerprint density at radius 3 is 1.50 bits per heavy atom. The molecule has 1 rings (SSSR count). The van der Waals surface area contributed by atoms with Gasteiger partial charge in [-0.1, -0.05) is 142 Å². The summed E-state index contributed by atoms with van der Waals surface area (Å²) >= 11 is 0. The first-order valence-electron chi connectivity index (χ1n) is 18.6. The summed E-state index contributed by atoms with van der Waals surface area (Å²) in [7, 11) is 0. The lowest BCUT2D eigenvalue weighted by molar-refractivity contribution is -0.305. The van der Waals surface area contributed by atoms with Gasteiger partial charge in [0.25, 0.3) is 0 Å². The highest BCUT2D eigenvalue weighted by Crippen LogP contribution is 2.22. The van der Waals surface area contributed by atoms with Gasteiger partial charge in [0.1, 0.15) is 31.0 Å². The van der Waals surface area contributed by atoms with E-state index < -0.39 is 55.4 Å². The Balaban J connectivity index is 2.08. The van der Waals surface area contributed by atoms with E-state index in [9.17, 15) is 30.0 Å². The molecular formula is C36H68O10. The molecule has 6 atom stereocenters. The Bertz CT molecular complexity index is 734. The van der Waals surface area contributed by atoms with Crippen molar-refractivity contribution in [1.29, 1.82) is 0 Å². The van der Waals surface area contributed by atoms with E-state index in [0.29, 0.717) is 6.42 Å².